The van der Waals surface area contributed by atoms with E-state index in [0.29, 0.717) is 38.7 Å². The van der Waals surface area contributed by atoms with Gasteiger partial charge in [0.15, 0.2) is 0 Å². The van der Waals surface area contributed by atoms with Crippen LogP contribution in [0.1, 0.15) is 12.8 Å². The molecular weight excluding hydrogens is 376 g/mol. The Bertz CT molecular complexity index is 841. The number of carbonyl (C=O) groups is 2. The molecule has 4 heterocycles. The van der Waals surface area contributed by atoms with E-state index in [0.717, 1.165) is 16.5 Å². The molecule has 0 unspecified atom stereocenters. The summed E-state index contributed by atoms with van der Waals surface area (Å²) in [4.78, 5) is 43.7. The number of hydrogen-bond donors (Lipinski definition) is 0. The van der Waals surface area contributed by atoms with Crippen LogP contribution >= 0.6 is 11.8 Å². The van der Waals surface area contributed by atoms with Gasteiger partial charge in [0.1, 0.15) is 5.03 Å². The first-order valence-corrected chi connectivity index (χ1v) is 10.4. The maximum atomic E-state index is 12.7. The lowest BCUT2D eigenvalue weighted by atomic mass is 10.2. The first-order valence-electron chi connectivity index (χ1n) is 9.40. The normalized spacial score (nSPS) is 16.6. The van der Waals surface area contributed by atoms with Crippen molar-refractivity contribution in [2.24, 2.45) is 0 Å². The van der Waals surface area contributed by atoms with Crippen LogP contribution in [0, 0.1) is 0 Å². The average Bonchev–Trinajstić information content (AvgIpc) is 2.77. The predicted molar refractivity (Wildman–Crippen MR) is 107 cm³/mol. The molecule has 0 saturated carbocycles. The summed E-state index contributed by atoms with van der Waals surface area (Å²) in [6.07, 6.45) is 5.64. The summed E-state index contributed by atoms with van der Waals surface area (Å²) >= 11 is 1.66. The van der Waals surface area contributed by atoms with Crippen molar-refractivity contribution in [3.63, 3.8) is 0 Å². The van der Waals surface area contributed by atoms with Crippen molar-refractivity contribution in [1.82, 2.24) is 19.9 Å². The van der Waals surface area contributed by atoms with Crippen molar-refractivity contribution in [2.75, 3.05) is 48.3 Å². The average molecular weight is 398 g/mol. The fourth-order valence-corrected chi connectivity index (χ4v) is 4.36. The Hall–Kier alpha value is -2.68. The van der Waals surface area contributed by atoms with E-state index < -0.39 is 0 Å². The molecular formula is C19H22N6O2S. The summed E-state index contributed by atoms with van der Waals surface area (Å²) in [7, 11) is 0. The number of fused-ring (bicyclic) bond motifs is 1. The second-order valence-electron chi connectivity index (χ2n) is 6.64. The molecule has 0 radical (unpaired) electrons. The number of thioether (sulfide) groups is 1. The lowest BCUT2D eigenvalue weighted by Crippen LogP contribution is -2.49. The number of nitrogens with zero attached hydrogens (tertiary/aromatic N) is 6. The highest BCUT2D eigenvalue weighted by Crippen LogP contribution is 2.32. The third-order valence-corrected chi connectivity index (χ3v) is 5.89. The molecule has 28 heavy (non-hydrogen) atoms. The highest BCUT2D eigenvalue weighted by atomic mass is 32.2. The number of piperazine rings is 1. The van der Waals surface area contributed by atoms with Gasteiger partial charge in [0.2, 0.25) is 17.8 Å². The summed E-state index contributed by atoms with van der Waals surface area (Å²) in [5, 5.41) is 0.882. The molecule has 2 aromatic heterocycles. The standard InChI is InChI=1S/C19H22N6O2S/c26-16(23-9-11-24(12-10-23)19-21-7-2-8-22-19)4-5-17(27)25-13-14-28-18-15(25)3-1-6-20-18/h1-3,6-8H,4-5,9-14H2. The van der Waals surface area contributed by atoms with Gasteiger partial charge in [0, 0.05) is 69.9 Å². The van der Waals surface area contributed by atoms with Crippen LogP contribution in [0.4, 0.5) is 11.6 Å². The minimum absolute atomic E-state index is 0.0146. The Morgan fingerprint density at radius 2 is 1.61 bits per heavy atom. The van der Waals surface area contributed by atoms with Crippen LogP contribution in [0.5, 0.6) is 0 Å². The Labute approximate surface area is 168 Å². The fourth-order valence-electron chi connectivity index (χ4n) is 3.43. The van der Waals surface area contributed by atoms with Crippen LogP contribution < -0.4 is 9.80 Å². The van der Waals surface area contributed by atoms with Crippen LogP contribution in [0.2, 0.25) is 0 Å². The van der Waals surface area contributed by atoms with E-state index >= 15 is 0 Å². The summed E-state index contributed by atoms with van der Waals surface area (Å²) < 4.78 is 0. The van der Waals surface area contributed by atoms with Crippen molar-refractivity contribution >= 4 is 35.2 Å². The second-order valence-corrected chi connectivity index (χ2v) is 7.72. The van der Waals surface area contributed by atoms with Gasteiger partial charge in [-0.25, -0.2) is 15.0 Å². The fraction of sp³-hybridized carbons (Fsp3) is 0.421. The zero-order chi connectivity index (χ0) is 19.3. The first kappa shape index (κ1) is 18.7. The van der Waals surface area contributed by atoms with Crippen LogP contribution in [0.25, 0.3) is 0 Å². The van der Waals surface area contributed by atoms with E-state index in [2.05, 4.69) is 19.9 Å². The lowest BCUT2D eigenvalue weighted by molar-refractivity contribution is -0.133. The van der Waals surface area contributed by atoms with Crippen LogP contribution in [0.3, 0.4) is 0 Å². The van der Waals surface area contributed by atoms with Gasteiger partial charge in [0.05, 0.1) is 5.69 Å². The quantitative estimate of drug-likeness (QED) is 0.771. The highest BCUT2D eigenvalue weighted by Gasteiger charge is 2.26. The minimum atomic E-state index is -0.0146. The number of amides is 2. The molecule has 1 saturated heterocycles. The van der Waals surface area contributed by atoms with E-state index in [1.165, 1.54) is 0 Å². The lowest BCUT2D eigenvalue weighted by Gasteiger charge is -2.35. The van der Waals surface area contributed by atoms with Gasteiger partial charge in [-0.1, -0.05) is 0 Å². The molecule has 2 amide bonds. The highest BCUT2D eigenvalue weighted by molar-refractivity contribution is 7.99. The predicted octanol–water partition coefficient (Wildman–Crippen LogP) is 1.44. The van der Waals surface area contributed by atoms with Crippen molar-refractivity contribution in [3.8, 4) is 0 Å². The van der Waals surface area contributed by atoms with Crippen molar-refractivity contribution in [2.45, 2.75) is 17.9 Å². The van der Waals surface area contributed by atoms with Crippen molar-refractivity contribution < 1.29 is 9.59 Å². The molecule has 2 aromatic rings. The summed E-state index contributed by atoms with van der Waals surface area (Å²) in [6, 6.07) is 5.54. The third-order valence-electron chi connectivity index (χ3n) is 4.92. The zero-order valence-electron chi connectivity index (χ0n) is 15.5. The van der Waals surface area contributed by atoms with Crippen molar-refractivity contribution in [3.05, 3.63) is 36.8 Å². The van der Waals surface area contributed by atoms with Crippen LogP contribution in [-0.2, 0) is 9.59 Å². The number of carbonyl (C=O) groups excluding carboxylic acids is 2. The van der Waals surface area contributed by atoms with Crippen LogP contribution in [0.15, 0.2) is 41.8 Å². The molecule has 0 bridgehead atoms. The molecule has 0 N–H and O–H groups in total. The number of hydrogen-bond acceptors (Lipinski definition) is 7. The largest absolute Gasteiger partial charge is 0.339 e. The molecule has 2 aliphatic heterocycles. The maximum absolute atomic E-state index is 12.7. The van der Waals surface area contributed by atoms with Gasteiger partial charge < -0.3 is 14.7 Å². The van der Waals surface area contributed by atoms with Gasteiger partial charge >= 0.3 is 0 Å². The maximum Gasteiger partial charge on any atom is 0.227 e. The van der Waals surface area contributed by atoms with Gasteiger partial charge in [-0.05, 0) is 18.2 Å². The summed E-state index contributed by atoms with van der Waals surface area (Å²) in [5.74, 6) is 1.53. The molecule has 4 rings (SSSR count). The molecule has 0 spiro atoms. The molecule has 0 atom stereocenters. The second kappa shape index (κ2) is 8.55. The van der Waals surface area contributed by atoms with Gasteiger partial charge in [-0.3, -0.25) is 9.59 Å². The molecule has 2 aliphatic rings. The van der Waals surface area contributed by atoms with Gasteiger partial charge in [-0.2, -0.15) is 0 Å². The molecule has 9 heteroatoms. The summed E-state index contributed by atoms with van der Waals surface area (Å²) in [5.41, 5.74) is 0.854. The SMILES string of the molecule is O=C(CCC(=O)N1CCSc2ncccc21)N1CCN(c2ncccn2)CC1. The Morgan fingerprint density at radius 1 is 0.893 bits per heavy atom. The molecule has 8 nitrogen and oxygen atoms in total. The Balaban J connectivity index is 1.28. The molecule has 146 valence electrons. The minimum Gasteiger partial charge on any atom is -0.339 e. The molecule has 0 aliphatic carbocycles. The van der Waals surface area contributed by atoms with Gasteiger partial charge in [-0.15, -0.1) is 11.8 Å². The number of anilines is 2. The van der Waals surface area contributed by atoms with E-state index in [1.54, 1.807) is 41.3 Å². The van der Waals surface area contributed by atoms with E-state index in [1.807, 2.05) is 17.0 Å². The van der Waals surface area contributed by atoms with E-state index in [-0.39, 0.29) is 24.7 Å². The zero-order valence-corrected chi connectivity index (χ0v) is 16.3. The first-order chi connectivity index (χ1) is 13.7. The van der Waals surface area contributed by atoms with Crippen molar-refractivity contribution in [1.29, 1.82) is 0 Å². The van der Waals surface area contributed by atoms with E-state index in [9.17, 15) is 9.59 Å². The monoisotopic (exact) mass is 398 g/mol. The number of pyridine rings is 1. The Kier molecular flexibility index (Phi) is 5.70. The third kappa shape index (κ3) is 4.09. The van der Waals surface area contributed by atoms with Gasteiger partial charge in [0.25, 0.3) is 0 Å². The smallest absolute Gasteiger partial charge is 0.227 e. The number of rotatable bonds is 4. The topological polar surface area (TPSA) is 82.5 Å². The molecule has 1 fully saturated rings. The number of aromatic nitrogens is 3. The Morgan fingerprint density at radius 3 is 2.39 bits per heavy atom. The van der Waals surface area contributed by atoms with E-state index in [4.69, 9.17) is 0 Å². The van der Waals surface area contributed by atoms with Crippen LogP contribution in [-0.4, -0.2) is 70.1 Å². The molecule has 0 aromatic carbocycles. The summed E-state index contributed by atoms with van der Waals surface area (Å²) in [6.45, 7) is 3.31.